The topological polar surface area (TPSA) is 52.6 Å². The number of piperazine rings is 1. The Morgan fingerprint density at radius 2 is 1.85 bits per heavy atom. The van der Waals surface area contributed by atoms with Crippen molar-refractivity contribution >= 4 is 11.8 Å². The van der Waals surface area contributed by atoms with Crippen LogP contribution in [0.25, 0.3) is 0 Å². The molecule has 0 aromatic heterocycles. The van der Waals surface area contributed by atoms with E-state index in [1.54, 1.807) is 4.90 Å². The van der Waals surface area contributed by atoms with E-state index < -0.39 is 17.5 Å². The number of likely N-dealkylation sites (N-methyl/N-ethyl adjacent to an activating group) is 1. The van der Waals surface area contributed by atoms with E-state index in [1.807, 2.05) is 37.4 Å². The van der Waals surface area contributed by atoms with Crippen LogP contribution >= 0.6 is 0 Å². The monoisotopic (exact) mass is 373 g/mol. The molecule has 1 aliphatic heterocycles. The predicted octanol–water partition coefficient (Wildman–Crippen LogP) is 2.21. The summed E-state index contributed by atoms with van der Waals surface area (Å²) >= 11 is 0. The first-order valence-electron chi connectivity index (χ1n) is 8.72. The fourth-order valence-corrected chi connectivity index (χ4v) is 3.20. The van der Waals surface area contributed by atoms with Crippen LogP contribution in [-0.2, 0) is 4.79 Å². The Balaban J connectivity index is 1.67. The maximum atomic E-state index is 13.7. The maximum absolute atomic E-state index is 13.7. The number of nitrogens with one attached hydrogen (secondary N) is 1. The van der Waals surface area contributed by atoms with Crippen LogP contribution in [0.2, 0.25) is 0 Å². The third-order valence-electron chi connectivity index (χ3n) is 4.66. The Labute approximate surface area is 156 Å². The predicted molar refractivity (Wildman–Crippen MR) is 97.1 cm³/mol. The van der Waals surface area contributed by atoms with Crippen molar-refractivity contribution in [3.63, 3.8) is 0 Å². The third-order valence-corrected chi connectivity index (χ3v) is 4.66. The number of nitrogens with zero attached hydrogens (tertiary/aromatic N) is 2. The molecule has 1 atom stereocenters. The maximum Gasteiger partial charge on any atom is 0.254 e. The van der Waals surface area contributed by atoms with Crippen molar-refractivity contribution < 1.29 is 18.4 Å². The largest absolute Gasteiger partial charge is 0.343 e. The lowest BCUT2D eigenvalue weighted by atomic mass is 10.0. The molecule has 1 aliphatic rings. The van der Waals surface area contributed by atoms with Gasteiger partial charge in [-0.2, -0.15) is 0 Å². The fourth-order valence-electron chi connectivity index (χ4n) is 3.20. The lowest BCUT2D eigenvalue weighted by molar-refractivity contribution is -0.135. The highest BCUT2D eigenvalue weighted by Gasteiger charge is 2.30. The summed E-state index contributed by atoms with van der Waals surface area (Å²) in [6.45, 7) is 1.71. The molecule has 7 heteroatoms. The quantitative estimate of drug-likeness (QED) is 0.894. The molecule has 1 unspecified atom stereocenters. The first-order valence-corrected chi connectivity index (χ1v) is 8.72. The van der Waals surface area contributed by atoms with Crippen molar-refractivity contribution in [3.8, 4) is 0 Å². The van der Waals surface area contributed by atoms with Crippen molar-refractivity contribution in [2.24, 2.45) is 0 Å². The van der Waals surface area contributed by atoms with Gasteiger partial charge in [0.05, 0.1) is 18.2 Å². The highest BCUT2D eigenvalue weighted by Crippen LogP contribution is 2.24. The zero-order valence-corrected chi connectivity index (χ0v) is 15.0. The molecule has 0 saturated carbocycles. The van der Waals surface area contributed by atoms with E-state index in [0.29, 0.717) is 19.2 Å². The second-order valence-corrected chi connectivity index (χ2v) is 6.58. The molecule has 2 aromatic carbocycles. The van der Waals surface area contributed by atoms with Crippen molar-refractivity contribution in [2.75, 3.05) is 33.2 Å². The number of halogens is 2. The molecule has 0 aliphatic carbocycles. The first kappa shape index (κ1) is 19.0. The van der Waals surface area contributed by atoms with Gasteiger partial charge in [0.15, 0.2) is 0 Å². The van der Waals surface area contributed by atoms with Gasteiger partial charge in [-0.05, 0) is 24.7 Å². The van der Waals surface area contributed by atoms with Gasteiger partial charge >= 0.3 is 0 Å². The summed E-state index contributed by atoms with van der Waals surface area (Å²) in [4.78, 5) is 28.7. The van der Waals surface area contributed by atoms with E-state index in [9.17, 15) is 18.4 Å². The standard InChI is InChI=1S/C20H21F2N3O2/c1-24-9-10-25(18(13-24)14-5-3-2-4-6-14)19(26)12-23-20(27)16-8-7-15(21)11-17(16)22/h2-8,11,18H,9-10,12-13H2,1H3,(H,23,27). The van der Waals surface area contributed by atoms with Gasteiger partial charge in [0.25, 0.3) is 5.91 Å². The van der Waals surface area contributed by atoms with E-state index in [-0.39, 0.29) is 24.1 Å². The Morgan fingerprint density at radius 1 is 1.11 bits per heavy atom. The Kier molecular flexibility index (Phi) is 5.81. The van der Waals surface area contributed by atoms with Crippen LogP contribution in [-0.4, -0.2) is 54.8 Å². The molecule has 3 rings (SSSR count). The summed E-state index contributed by atoms with van der Waals surface area (Å²) in [5.74, 6) is -2.70. The van der Waals surface area contributed by atoms with E-state index in [2.05, 4.69) is 10.2 Å². The molecule has 5 nitrogen and oxygen atoms in total. The Bertz CT molecular complexity index is 829. The smallest absolute Gasteiger partial charge is 0.254 e. The molecule has 0 bridgehead atoms. The van der Waals surface area contributed by atoms with Crippen LogP contribution in [0.15, 0.2) is 48.5 Å². The number of hydrogen-bond acceptors (Lipinski definition) is 3. The van der Waals surface area contributed by atoms with E-state index in [1.165, 1.54) is 0 Å². The molecular formula is C20H21F2N3O2. The van der Waals surface area contributed by atoms with Crippen LogP contribution in [0, 0.1) is 11.6 Å². The SMILES string of the molecule is CN1CCN(C(=O)CNC(=O)c2ccc(F)cc2F)C(c2ccccc2)C1. The van der Waals surface area contributed by atoms with Crippen LogP contribution in [0.5, 0.6) is 0 Å². The van der Waals surface area contributed by atoms with Crippen LogP contribution in [0.1, 0.15) is 22.0 Å². The van der Waals surface area contributed by atoms with Crippen molar-refractivity contribution in [3.05, 3.63) is 71.3 Å². The van der Waals surface area contributed by atoms with Gasteiger partial charge in [-0.15, -0.1) is 0 Å². The lowest BCUT2D eigenvalue weighted by Gasteiger charge is -2.40. The van der Waals surface area contributed by atoms with Gasteiger partial charge < -0.3 is 15.1 Å². The number of amides is 2. The van der Waals surface area contributed by atoms with E-state index in [4.69, 9.17) is 0 Å². The zero-order valence-electron chi connectivity index (χ0n) is 15.0. The van der Waals surface area contributed by atoms with Gasteiger partial charge in [-0.25, -0.2) is 8.78 Å². The van der Waals surface area contributed by atoms with Crippen LogP contribution in [0.3, 0.4) is 0 Å². The van der Waals surface area contributed by atoms with Crippen molar-refractivity contribution in [1.29, 1.82) is 0 Å². The zero-order chi connectivity index (χ0) is 19.4. The first-order chi connectivity index (χ1) is 13.0. The molecule has 0 radical (unpaired) electrons. The molecule has 1 N–H and O–H groups in total. The summed E-state index contributed by atoms with van der Waals surface area (Å²) in [6.07, 6.45) is 0. The molecular weight excluding hydrogens is 352 g/mol. The van der Waals surface area contributed by atoms with Gasteiger partial charge in [0.1, 0.15) is 11.6 Å². The minimum absolute atomic E-state index is 0.114. The molecule has 1 heterocycles. The third kappa shape index (κ3) is 4.49. The molecule has 0 spiro atoms. The van der Waals surface area contributed by atoms with Gasteiger partial charge in [-0.1, -0.05) is 30.3 Å². The molecule has 2 amide bonds. The summed E-state index contributed by atoms with van der Waals surface area (Å²) in [5, 5.41) is 2.43. The second kappa shape index (κ2) is 8.26. The highest BCUT2D eigenvalue weighted by molar-refractivity contribution is 5.96. The van der Waals surface area contributed by atoms with Crippen molar-refractivity contribution in [1.82, 2.24) is 15.1 Å². The highest BCUT2D eigenvalue weighted by atomic mass is 19.1. The number of carbonyl (C=O) groups is 2. The lowest BCUT2D eigenvalue weighted by Crippen LogP contribution is -2.51. The number of carbonyl (C=O) groups excluding carboxylic acids is 2. The van der Waals surface area contributed by atoms with Gasteiger partial charge in [-0.3, -0.25) is 9.59 Å². The summed E-state index contributed by atoms with van der Waals surface area (Å²) in [5.41, 5.74) is 0.732. The van der Waals surface area contributed by atoms with Gasteiger partial charge in [0, 0.05) is 25.7 Å². The summed E-state index contributed by atoms with van der Waals surface area (Å²) in [7, 11) is 2.00. The fraction of sp³-hybridized carbons (Fsp3) is 0.300. The Morgan fingerprint density at radius 3 is 2.56 bits per heavy atom. The molecule has 142 valence electrons. The normalized spacial score (nSPS) is 17.6. The average Bonchev–Trinajstić information content (AvgIpc) is 2.66. The summed E-state index contributed by atoms with van der Waals surface area (Å²) < 4.78 is 26.7. The Hall–Kier alpha value is -2.80. The minimum atomic E-state index is -0.957. The number of hydrogen-bond donors (Lipinski definition) is 1. The number of rotatable bonds is 4. The number of benzene rings is 2. The van der Waals surface area contributed by atoms with Crippen LogP contribution in [0.4, 0.5) is 8.78 Å². The minimum Gasteiger partial charge on any atom is -0.343 e. The molecule has 2 aromatic rings. The van der Waals surface area contributed by atoms with Crippen molar-refractivity contribution in [2.45, 2.75) is 6.04 Å². The second-order valence-electron chi connectivity index (χ2n) is 6.58. The summed E-state index contributed by atoms with van der Waals surface area (Å²) in [6, 6.07) is 12.3. The van der Waals surface area contributed by atoms with Gasteiger partial charge in [0.2, 0.25) is 5.91 Å². The van der Waals surface area contributed by atoms with E-state index in [0.717, 1.165) is 24.2 Å². The van der Waals surface area contributed by atoms with Crippen LogP contribution < -0.4 is 5.32 Å². The molecule has 27 heavy (non-hydrogen) atoms. The average molecular weight is 373 g/mol. The van der Waals surface area contributed by atoms with E-state index >= 15 is 0 Å². The molecule has 1 fully saturated rings. The molecule has 1 saturated heterocycles.